The first-order valence-electron chi connectivity index (χ1n) is 5.45. The molecule has 1 aliphatic heterocycles. The maximum atomic E-state index is 5.07. The summed E-state index contributed by atoms with van der Waals surface area (Å²) < 4.78 is 5.07. The van der Waals surface area contributed by atoms with Crippen molar-refractivity contribution in [3.05, 3.63) is 0 Å². The predicted molar refractivity (Wildman–Crippen MR) is 58.7 cm³/mol. The summed E-state index contributed by atoms with van der Waals surface area (Å²) in [6, 6.07) is 0. The van der Waals surface area contributed by atoms with Crippen LogP contribution in [0.1, 0.15) is 0 Å². The van der Waals surface area contributed by atoms with Crippen LogP contribution in [0, 0.1) is 0 Å². The standard InChI is InChI=1S/C10H23N3O/c1-11-3-4-12-5-7-13(8-6-12)9-10-14-2/h11H,3-10H2,1-2H3. The number of nitrogens with zero attached hydrogens (tertiary/aromatic N) is 2. The number of hydrogen-bond donors (Lipinski definition) is 1. The quantitative estimate of drug-likeness (QED) is 0.625. The molecule has 0 aromatic carbocycles. The van der Waals surface area contributed by atoms with E-state index in [1.165, 1.54) is 32.7 Å². The van der Waals surface area contributed by atoms with Crippen LogP contribution < -0.4 is 5.32 Å². The van der Waals surface area contributed by atoms with Crippen LogP contribution in [-0.4, -0.2) is 76.4 Å². The van der Waals surface area contributed by atoms with Crippen LogP contribution in [-0.2, 0) is 4.74 Å². The van der Waals surface area contributed by atoms with Crippen molar-refractivity contribution in [2.45, 2.75) is 0 Å². The fraction of sp³-hybridized carbons (Fsp3) is 1.00. The summed E-state index contributed by atoms with van der Waals surface area (Å²) in [5, 5.41) is 3.19. The van der Waals surface area contributed by atoms with Crippen molar-refractivity contribution in [2.24, 2.45) is 0 Å². The highest BCUT2D eigenvalue weighted by Crippen LogP contribution is 2.00. The van der Waals surface area contributed by atoms with Gasteiger partial charge < -0.3 is 10.1 Å². The molecule has 14 heavy (non-hydrogen) atoms. The maximum Gasteiger partial charge on any atom is 0.0589 e. The number of ether oxygens (including phenoxy) is 1. The van der Waals surface area contributed by atoms with E-state index < -0.39 is 0 Å². The highest BCUT2D eigenvalue weighted by Gasteiger charge is 2.15. The molecule has 0 aromatic rings. The summed E-state index contributed by atoms with van der Waals surface area (Å²) in [5.74, 6) is 0. The molecule has 1 aliphatic rings. The van der Waals surface area contributed by atoms with E-state index in [9.17, 15) is 0 Å². The van der Waals surface area contributed by atoms with Crippen molar-refractivity contribution in [3.63, 3.8) is 0 Å². The van der Waals surface area contributed by atoms with E-state index in [0.29, 0.717) is 0 Å². The van der Waals surface area contributed by atoms with E-state index in [-0.39, 0.29) is 0 Å². The van der Waals surface area contributed by atoms with Crippen molar-refractivity contribution in [1.29, 1.82) is 0 Å². The van der Waals surface area contributed by atoms with Gasteiger partial charge in [0.15, 0.2) is 0 Å². The minimum Gasteiger partial charge on any atom is -0.383 e. The summed E-state index contributed by atoms with van der Waals surface area (Å²) in [4.78, 5) is 4.99. The van der Waals surface area contributed by atoms with Crippen molar-refractivity contribution < 1.29 is 4.74 Å². The molecular formula is C10H23N3O. The lowest BCUT2D eigenvalue weighted by atomic mass is 10.3. The molecule has 84 valence electrons. The van der Waals surface area contributed by atoms with E-state index in [1.54, 1.807) is 7.11 Å². The van der Waals surface area contributed by atoms with Crippen molar-refractivity contribution in [1.82, 2.24) is 15.1 Å². The second-order valence-electron chi connectivity index (χ2n) is 3.78. The van der Waals surface area contributed by atoms with Gasteiger partial charge in [0.05, 0.1) is 6.61 Å². The third kappa shape index (κ3) is 4.37. The van der Waals surface area contributed by atoms with Gasteiger partial charge in [-0.15, -0.1) is 0 Å². The number of hydrogen-bond acceptors (Lipinski definition) is 4. The van der Waals surface area contributed by atoms with Gasteiger partial charge in [0.25, 0.3) is 0 Å². The molecule has 1 fully saturated rings. The topological polar surface area (TPSA) is 27.7 Å². The summed E-state index contributed by atoms with van der Waals surface area (Å²) in [6.07, 6.45) is 0. The normalized spacial score (nSPS) is 20.1. The molecule has 0 aliphatic carbocycles. The Labute approximate surface area is 87.2 Å². The Hall–Kier alpha value is -0.160. The van der Waals surface area contributed by atoms with Gasteiger partial charge in [0.1, 0.15) is 0 Å². The van der Waals surface area contributed by atoms with Crippen LogP contribution in [0.25, 0.3) is 0 Å². The molecule has 0 atom stereocenters. The van der Waals surface area contributed by atoms with Crippen LogP contribution in [0.5, 0.6) is 0 Å². The van der Waals surface area contributed by atoms with Gasteiger partial charge in [0.2, 0.25) is 0 Å². The van der Waals surface area contributed by atoms with Crippen LogP contribution in [0.2, 0.25) is 0 Å². The summed E-state index contributed by atoms with van der Waals surface area (Å²) in [6.45, 7) is 8.98. The molecule has 0 bridgehead atoms. The van der Waals surface area contributed by atoms with Crippen molar-refractivity contribution in [3.8, 4) is 0 Å². The molecule has 0 aromatic heterocycles. The van der Waals surface area contributed by atoms with Gasteiger partial charge in [-0.1, -0.05) is 0 Å². The Balaban J connectivity index is 2.05. The maximum absolute atomic E-state index is 5.07. The lowest BCUT2D eigenvalue weighted by Crippen LogP contribution is -2.48. The molecule has 0 unspecified atom stereocenters. The van der Waals surface area contributed by atoms with Crippen LogP contribution >= 0.6 is 0 Å². The lowest BCUT2D eigenvalue weighted by Gasteiger charge is -2.34. The first kappa shape index (κ1) is 11.9. The molecule has 1 saturated heterocycles. The highest BCUT2D eigenvalue weighted by molar-refractivity contribution is 4.71. The number of likely N-dealkylation sites (N-methyl/N-ethyl adjacent to an activating group) is 1. The first-order valence-corrected chi connectivity index (χ1v) is 5.45. The fourth-order valence-corrected chi connectivity index (χ4v) is 1.73. The Kier molecular flexibility index (Phi) is 6.10. The SMILES string of the molecule is CNCCN1CCN(CCOC)CC1. The molecule has 0 radical (unpaired) electrons. The molecule has 4 heteroatoms. The zero-order valence-electron chi connectivity index (χ0n) is 9.46. The highest BCUT2D eigenvalue weighted by atomic mass is 16.5. The Bertz CT molecular complexity index is 119. The Morgan fingerprint density at radius 1 is 1.07 bits per heavy atom. The minimum absolute atomic E-state index is 0.858. The third-order valence-electron chi connectivity index (χ3n) is 2.75. The van der Waals surface area contributed by atoms with Gasteiger partial charge in [-0.3, -0.25) is 9.80 Å². The largest absolute Gasteiger partial charge is 0.383 e. The second kappa shape index (κ2) is 7.17. The van der Waals surface area contributed by atoms with Gasteiger partial charge in [-0.2, -0.15) is 0 Å². The molecule has 1 rings (SSSR count). The van der Waals surface area contributed by atoms with Gasteiger partial charge >= 0.3 is 0 Å². The van der Waals surface area contributed by atoms with Gasteiger partial charge in [0, 0.05) is 52.9 Å². The monoisotopic (exact) mass is 201 g/mol. The van der Waals surface area contributed by atoms with Crippen molar-refractivity contribution >= 4 is 0 Å². The zero-order chi connectivity index (χ0) is 10.2. The van der Waals surface area contributed by atoms with Crippen LogP contribution in [0.4, 0.5) is 0 Å². The third-order valence-corrected chi connectivity index (χ3v) is 2.75. The van der Waals surface area contributed by atoms with Crippen LogP contribution in [0.3, 0.4) is 0 Å². The second-order valence-corrected chi connectivity index (χ2v) is 3.78. The average Bonchev–Trinajstić information content (AvgIpc) is 2.25. The summed E-state index contributed by atoms with van der Waals surface area (Å²) >= 11 is 0. The van der Waals surface area contributed by atoms with Gasteiger partial charge in [-0.05, 0) is 7.05 Å². The van der Waals surface area contributed by atoms with E-state index in [4.69, 9.17) is 4.74 Å². The molecule has 1 N–H and O–H groups in total. The van der Waals surface area contributed by atoms with Crippen LogP contribution in [0.15, 0.2) is 0 Å². The smallest absolute Gasteiger partial charge is 0.0589 e. The minimum atomic E-state index is 0.858. The lowest BCUT2D eigenvalue weighted by molar-refractivity contribution is 0.0976. The molecule has 0 saturated carbocycles. The Morgan fingerprint density at radius 3 is 2.14 bits per heavy atom. The number of rotatable bonds is 6. The molecule has 4 nitrogen and oxygen atoms in total. The molecule has 0 spiro atoms. The molecule has 0 amide bonds. The fourth-order valence-electron chi connectivity index (χ4n) is 1.73. The number of methoxy groups -OCH3 is 1. The van der Waals surface area contributed by atoms with Gasteiger partial charge in [-0.25, -0.2) is 0 Å². The first-order chi connectivity index (χ1) is 6.86. The Morgan fingerprint density at radius 2 is 1.64 bits per heavy atom. The summed E-state index contributed by atoms with van der Waals surface area (Å²) in [7, 11) is 3.78. The van der Waals surface area contributed by atoms with E-state index in [1.807, 2.05) is 7.05 Å². The number of piperazine rings is 1. The predicted octanol–water partition coefficient (Wildman–Crippen LogP) is -0.530. The molecule has 1 heterocycles. The van der Waals surface area contributed by atoms with E-state index in [0.717, 1.165) is 19.7 Å². The zero-order valence-corrected chi connectivity index (χ0v) is 9.46. The average molecular weight is 201 g/mol. The number of nitrogens with one attached hydrogen (secondary N) is 1. The van der Waals surface area contributed by atoms with Crippen molar-refractivity contribution in [2.75, 3.05) is 66.6 Å². The summed E-state index contributed by atoms with van der Waals surface area (Å²) in [5.41, 5.74) is 0. The van der Waals surface area contributed by atoms with E-state index in [2.05, 4.69) is 15.1 Å². The molecular weight excluding hydrogens is 178 g/mol. The van der Waals surface area contributed by atoms with E-state index >= 15 is 0 Å².